The maximum absolute atomic E-state index is 4.34. The molecule has 0 unspecified atom stereocenters. The Morgan fingerprint density at radius 2 is 0.672 bits per heavy atom. The summed E-state index contributed by atoms with van der Waals surface area (Å²) in [6.45, 7) is 49.0. The standard InChI is InChI=1S/2C11H11N.2C10H10S.8C2H6.2CH4/c2*1-8-5-6-9(2)11-10(8)4-3-7-12-11;1-7-3-4-10-9(5-7)6-8(2)11-10;1-7-3-4-9-6-8(2)11-10(9)5-7;8*1-2;;/h2*3-7H,1-2H3;2*3-6H,1-2H3;8*1-2H3;2*1H4. The number of nitrogens with zero attached hydrogens (tertiary/aromatic N) is 2. The third-order valence-electron chi connectivity index (χ3n) is 7.97. The fourth-order valence-corrected chi connectivity index (χ4v) is 7.41. The van der Waals surface area contributed by atoms with Crippen molar-refractivity contribution >= 4 is 64.7 Å². The summed E-state index contributed by atoms with van der Waals surface area (Å²) in [4.78, 5) is 11.5. The van der Waals surface area contributed by atoms with Gasteiger partial charge in [0.1, 0.15) is 0 Å². The van der Waals surface area contributed by atoms with E-state index >= 15 is 0 Å². The highest BCUT2D eigenvalue weighted by Crippen LogP contribution is 2.26. The molecule has 4 heterocycles. The third-order valence-corrected chi connectivity index (χ3v) is 10.0. The first-order chi connectivity index (χ1) is 30.1. The van der Waals surface area contributed by atoms with Crippen LogP contribution in [-0.2, 0) is 0 Å². The molecule has 0 saturated carbocycles. The zero-order chi connectivity index (χ0) is 48.8. The second-order valence-corrected chi connectivity index (χ2v) is 14.6. The highest BCUT2D eigenvalue weighted by atomic mass is 32.1. The van der Waals surface area contributed by atoms with Gasteiger partial charge in [0.05, 0.1) is 11.0 Å². The largest absolute Gasteiger partial charge is 0.256 e. The third kappa shape index (κ3) is 25.2. The number of pyridine rings is 2. The number of rotatable bonds is 0. The maximum Gasteiger partial charge on any atom is 0.0733 e. The van der Waals surface area contributed by atoms with Gasteiger partial charge < -0.3 is 0 Å². The van der Waals surface area contributed by atoms with Crippen LogP contribution in [0.2, 0.25) is 0 Å². The second-order valence-electron chi connectivity index (χ2n) is 12.0. The SMILES string of the molecule is C.C.CC.CC.CC.CC.CC.CC.CC.CC.Cc1ccc(C)c2ncccc12.Cc1ccc(C)c2ncccc12.Cc1ccc2cc(C)sc2c1.Cc1ccc2sc(C)cc2c1. The Bertz CT molecular complexity index is 2010. The van der Waals surface area contributed by atoms with Crippen LogP contribution >= 0.6 is 22.7 Å². The predicted molar refractivity (Wildman–Crippen MR) is 309 cm³/mol. The van der Waals surface area contributed by atoms with Crippen LogP contribution in [0.3, 0.4) is 0 Å². The lowest BCUT2D eigenvalue weighted by Gasteiger charge is -2.02. The summed E-state index contributed by atoms with van der Waals surface area (Å²) in [7, 11) is 0. The number of aryl methyl sites for hydroxylation is 8. The molecule has 0 saturated heterocycles. The quantitative estimate of drug-likeness (QED) is 0.151. The fourth-order valence-electron chi connectivity index (χ4n) is 5.48. The average molecular weight is 912 g/mol. The van der Waals surface area contributed by atoms with E-state index in [-0.39, 0.29) is 14.9 Å². The number of thiophene rings is 2. The lowest BCUT2D eigenvalue weighted by molar-refractivity contribution is 1.35. The number of hydrogen-bond donors (Lipinski definition) is 0. The van der Waals surface area contributed by atoms with Gasteiger partial charge in [-0.25, -0.2) is 0 Å². The molecule has 0 amide bonds. The molecule has 4 aromatic carbocycles. The van der Waals surface area contributed by atoms with Gasteiger partial charge in [-0.2, -0.15) is 0 Å². The van der Waals surface area contributed by atoms with E-state index < -0.39 is 0 Å². The molecule has 0 bridgehead atoms. The van der Waals surface area contributed by atoms with Crippen molar-refractivity contribution in [2.45, 2.75) is 181 Å². The molecule has 8 rings (SSSR count). The van der Waals surface area contributed by atoms with Gasteiger partial charge in [0.15, 0.2) is 0 Å². The molecule has 0 aliphatic carbocycles. The van der Waals surface area contributed by atoms with E-state index in [9.17, 15) is 0 Å². The summed E-state index contributed by atoms with van der Waals surface area (Å²) >= 11 is 3.73. The summed E-state index contributed by atoms with van der Waals surface area (Å²) < 4.78 is 2.80. The lowest BCUT2D eigenvalue weighted by Crippen LogP contribution is -1.84. The molecule has 0 aliphatic rings. The smallest absolute Gasteiger partial charge is 0.0733 e. The molecule has 0 radical (unpaired) electrons. The van der Waals surface area contributed by atoms with Gasteiger partial charge in [0.25, 0.3) is 0 Å². The van der Waals surface area contributed by atoms with Crippen LogP contribution in [0, 0.1) is 55.4 Å². The first kappa shape index (κ1) is 71.3. The zero-order valence-corrected chi connectivity index (χ0v) is 45.7. The van der Waals surface area contributed by atoms with E-state index in [1.54, 1.807) is 0 Å². The molecule has 8 aromatic rings. The van der Waals surface area contributed by atoms with Crippen LogP contribution in [0.15, 0.2) is 109 Å². The van der Waals surface area contributed by atoms with Crippen LogP contribution in [0.25, 0.3) is 42.0 Å². The molecule has 4 aromatic heterocycles. The topological polar surface area (TPSA) is 25.8 Å². The van der Waals surface area contributed by atoms with Crippen molar-refractivity contribution in [1.29, 1.82) is 0 Å². The molecule has 0 aliphatic heterocycles. The monoisotopic (exact) mass is 911 g/mol. The molecule has 0 N–H and O–H groups in total. The van der Waals surface area contributed by atoms with Crippen molar-refractivity contribution in [3.63, 3.8) is 0 Å². The van der Waals surface area contributed by atoms with E-state index in [0.29, 0.717) is 0 Å². The molecular weight excluding hydrogens is 813 g/mol. The predicted octanol–water partition coefficient (Wildman–Crippen LogP) is 22.2. The van der Waals surface area contributed by atoms with Crippen LogP contribution in [0.4, 0.5) is 0 Å². The number of aromatic nitrogens is 2. The van der Waals surface area contributed by atoms with Crippen molar-refractivity contribution in [2.75, 3.05) is 0 Å². The van der Waals surface area contributed by atoms with Crippen molar-refractivity contribution in [3.8, 4) is 0 Å². The summed E-state index contributed by atoms with van der Waals surface area (Å²) in [5.41, 5.74) is 10.0. The average Bonchev–Trinajstić information content (AvgIpc) is 3.91. The normalized spacial score (nSPS) is 8.38. The Balaban J connectivity index is -0.000000157. The summed E-state index contributed by atoms with van der Waals surface area (Å²) in [5, 5.41) is 5.28. The van der Waals surface area contributed by atoms with Gasteiger partial charge in [0, 0.05) is 42.3 Å². The molecule has 0 atom stereocenters. The maximum atomic E-state index is 4.34. The molecule has 2 nitrogen and oxygen atoms in total. The molecule has 64 heavy (non-hydrogen) atoms. The van der Waals surface area contributed by atoms with Gasteiger partial charge >= 0.3 is 0 Å². The molecule has 360 valence electrons. The minimum absolute atomic E-state index is 0. The van der Waals surface area contributed by atoms with E-state index in [2.05, 4.69) is 150 Å². The molecular formula is C60H98N2S2. The highest BCUT2D eigenvalue weighted by molar-refractivity contribution is 7.19. The van der Waals surface area contributed by atoms with Gasteiger partial charge in [-0.15, -0.1) is 22.7 Å². The van der Waals surface area contributed by atoms with E-state index in [1.165, 1.54) is 74.1 Å². The summed E-state index contributed by atoms with van der Waals surface area (Å²) in [6.07, 6.45) is 3.68. The lowest BCUT2D eigenvalue weighted by atomic mass is 10.1. The Hall–Kier alpha value is -4.38. The Morgan fingerprint density at radius 3 is 1.08 bits per heavy atom. The van der Waals surface area contributed by atoms with Crippen LogP contribution in [0.1, 0.15) is 169 Å². The van der Waals surface area contributed by atoms with Gasteiger partial charge in [-0.3, -0.25) is 9.97 Å². The Kier molecular flexibility index (Phi) is 50.3. The highest BCUT2D eigenvalue weighted by Gasteiger charge is 2.01. The van der Waals surface area contributed by atoms with Crippen molar-refractivity contribution in [3.05, 3.63) is 153 Å². The van der Waals surface area contributed by atoms with E-state index in [0.717, 1.165) is 11.0 Å². The van der Waals surface area contributed by atoms with Crippen molar-refractivity contribution < 1.29 is 0 Å². The van der Waals surface area contributed by atoms with E-state index in [1.807, 2.05) is 158 Å². The van der Waals surface area contributed by atoms with Gasteiger partial charge in [-0.05, 0) is 130 Å². The first-order valence-corrected chi connectivity index (χ1v) is 25.3. The van der Waals surface area contributed by atoms with Crippen LogP contribution in [-0.4, -0.2) is 9.97 Å². The minimum Gasteiger partial charge on any atom is -0.256 e. The molecule has 0 fully saturated rings. The van der Waals surface area contributed by atoms with Crippen molar-refractivity contribution in [2.24, 2.45) is 0 Å². The van der Waals surface area contributed by atoms with Crippen molar-refractivity contribution in [1.82, 2.24) is 9.97 Å². The number of fused-ring (bicyclic) bond motifs is 4. The number of hydrogen-bond acceptors (Lipinski definition) is 4. The molecule has 4 heteroatoms. The summed E-state index contributed by atoms with van der Waals surface area (Å²) in [6, 6.07) is 34.4. The number of benzene rings is 4. The van der Waals surface area contributed by atoms with Crippen LogP contribution in [0.5, 0.6) is 0 Å². The van der Waals surface area contributed by atoms with Gasteiger partial charge in [-0.1, -0.05) is 192 Å². The summed E-state index contributed by atoms with van der Waals surface area (Å²) in [5.74, 6) is 0. The molecule has 0 spiro atoms. The fraction of sp³-hybridized carbons (Fsp3) is 0.433. The van der Waals surface area contributed by atoms with Gasteiger partial charge in [0.2, 0.25) is 0 Å². The Labute approximate surface area is 406 Å². The second kappa shape index (κ2) is 45.2. The Morgan fingerprint density at radius 1 is 0.328 bits per heavy atom. The van der Waals surface area contributed by atoms with Crippen LogP contribution < -0.4 is 0 Å². The zero-order valence-electron chi connectivity index (χ0n) is 44.1. The minimum atomic E-state index is 0. The first-order valence-electron chi connectivity index (χ1n) is 23.6. The van der Waals surface area contributed by atoms with E-state index in [4.69, 9.17) is 0 Å².